The number of halogens is 1. The molecule has 1 heterocycles. The van der Waals surface area contributed by atoms with Crippen LogP contribution in [0.15, 0.2) is 18.3 Å². The second-order valence-electron chi connectivity index (χ2n) is 1.83. The van der Waals surface area contributed by atoms with Crippen LogP contribution in [0.1, 0.15) is 0 Å². The van der Waals surface area contributed by atoms with E-state index in [0.29, 0.717) is 17.4 Å². The van der Waals surface area contributed by atoms with E-state index in [1.54, 1.807) is 25.4 Å². The number of ether oxygens (including phenoxy) is 2. The van der Waals surface area contributed by atoms with Crippen molar-refractivity contribution in [2.24, 2.45) is 0 Å². The summed E-state index contributed by atoms with van der Waals surface area (Å²) in [5.74, 6) is 0.610. The van der Waals surface area contributed by atoms with Crippen molar-refractivity contribution >= 4 is 18.1 Å². The van der Waals surface area contributed by atoms with Crippen molar-refractivity contribution in [2.75, 3.05) is 14.2 Å². The van der Waals surface area contributed by atoms with Crippen molar-refractivity contribution in [1.29, 1.82) is 0 Å². The molecular weight excluding hydrogens is 194 g/mol. The maximum absolute atomic E-state index is 8.95. The predicted octanol–water partition coefficient (Wildman–Crippen LogP) is 1.53. The fraction of sp³-hybridized carbons (Fsp3) is 0.250. The average molecular weight is 204 g/mol. The second kappa shape index (κ2) is 7.36. The van der Waals surface area contributed by atoms with Gasteiger partial charge in [0, 0.05) is 6.20 Å². The monoisotopic (exact) mass is 203 g/mol. The van der Waals surface area contributed by atoms with E-state index in [1.807, 2.05) is 0 Å². The lowest BCUT2D eigenvalue weighted by atomic mass is 10.5. The number of rotatable bonds is 2. The van der Waals surface area contributed by atoms with Crippen LogP contribution < -0.4 is 4.74 Å². The number of aromatic nitrogens is 1. The lowest BCUT2D eigenvalue weighted by Crippen LogP contribution is -1.84. The molecule has 0 unspecified atom stereocenters. The first-order chi connectivity index (χ1) is 6.26. The summed E-state index contributed by atoms with van der Waals surface area (Å²) in [6.07, 6.45) is 1.62. The molecule has 0 bridgehead atoms. The van der Waals surface area contributed by atoms with E-state index in [1.165, 1.54) is 7.11 Å². The molecule has 1 aromatic heterocycles. The minimum Gasteiger partial charge on any atom is -0.494 e. The number of carbonyl (C=O) groups is 1. The third kappa shape index (κ3) is 5.03. The molecule has 1 aromatic rings. The van der Waals surface area contributed by atoms with Crippen LogP contribution in [0.2, 0.25) is 5.15 Å². The molecular formula is C8H10ClNO3. The van der Waals surface area contributed by atoms with E-state index in [0.717, 1.165) is 0 Å². The van der Waals surface area contributed by atoms with Gasteiger partial charge in [-0.05, 0) is 12.1 Å². The van der Waals surface area contributed by atoms with Crippen LogP contribution in [0.5, 0.6) is 5.75 Å². The number of nitrogens with zero attached hydrogens (tertiary/aromatic N) is 1. The molecule has 0 aliphatic carbocycles. The zero-order valence-electron chi connectivity index (χ0n) is 7.36. The van der Waals surface area contributed by atoms with Crippen molar-refractivity contribution in [1.82, 2.24) is 4.98 Å². The highest BCUT2D eigenvalue weighted by Gasteiger charge is 1.95. The molecule has 0 saturated heterocycles. The maximum atomic E-state index is 8.95. The molecule has 5 heteroatoms. The minimum absolute atomic E-state index is 0.375. The SMILES string of the molecule is COC=O.COc1cccnc1Cl. The van der Waals surface area contributed by atoms with Crippen LogP contribution >= 0.6 is 11.6 Å². The molecule has 13 heavy (non-hydrogen) atoms. The summed E-state index contributed by atoms with van der Waals surface area (Å²) < 4.78 is 8.71. The number of carbonyl (C=O) groups excluding carboxylic acids is 1. The van der Waals surface area contributed by atoms with Gasteiger partial charge in [0.15, 0.2) is 10.9 Å². The molecule has 0 spiro atoms. The summed E-state index contributed by atoms with van der Waals surface area (Å²) in [4.78, 5) is 12.7. The van der Waals surface area contributed by atoms with Crippen LogP contribution in [0, 0.1) is 0 Å². The largest absolute Gasteiger partial charge is 0.494 e. The van der Waals surface area contributed by atoms with E-state index in [-0.39, 0.29) is 0 Å². The Morgan fingerprint density at radius 2 is 2.15 bits per heavy atom. The molecule has 0 N–H and O–H groups in total. The highest BCUT2D eigenvalue weighted by atomic mass is 35.5. The standard InChI is InChI=1S/C6H6ClNO.C2H4O2/c1-9-5-3-2-4-8-6(5)7;1-4-2-3/h2-4H,1H3;2H,1H3. The fourth-order valence-corrected chi connectivity index (χ4v) is 0.720. The summed E-state index contributed by atoms with van der Waals surface area (Å²) in [7, 11) is 2.87. The fourth-order valence-electron chi connectivity index (χ4n) is 0.524. The average Bonchev–Trinajstić information content (AvgIpc) is 2.19. The summed E-state index contributed by atoms with van der Waals surface area (Å²) >= 11 is 5.59. The molecule has 0 amide bonds. The van der Waals surface area contributed by atoms with Gasteiger partial charge in [-0.1, -0.05) is 11.6 Å². The molecule has 4 nitrogen and oxygen atoms in total. The zero-order valence-corrected chi connectivity index (χ0v) is 8.12. The lowest BCUT2D eigenvalue weighted by Gasteiger charge is -1.97. The molecule has 0 fully saturated rings. The third-order valence-corrected chi connectivity index (χ3v) is 1.32. The third-order valence-electron chi connectivity index (χ3n) is 1.04. The van der Waals surface area contributed by atoms with Crippen LogP contribution in [-0.4, -0.2) is 25.7 Å². The van der Waals surface area contributed by atoms with Gasteiger partial charge in [0.2, 0.25) is 0 Å². The van der Waals surface area contributed by atoms with Crippen molar-refractivity contribution < 1.29 is 14.3 Å². The molecule has 0 aliphatic heterocycles. The van der Waals surface area contributed by atoms with Gasteiger partial charge in [-0.2, -0.15) is 0 Å². The van der Waals surface area contributed by atoms with E-state index >= 15 is 0 Å². The zero-order chi connectivity index (χ0) is 10.1. The number of hydrogen-bond donors (Lipinski definition) is 0. The minimum atomic E-state index is 0.375. The van der Waals surface area contributed by atoms with Crippen molar-refractivity contribution in [3.05, 3.63) is 23.5 Å². The van der Waals surface area contributed by atoms with Crippen molar-refractivity contribution in [3.63, 3.8) is 0 Å². The van der Waals surface area contributed by atoms with Gasteiger partial charge < -0.3 is 9.47 Å². The summed E-state index contributed by atoms with van der Waals surface area (Å²) in [6, 6.07) is 3.53. The number of hydrogen-bond acceptors (Lipinski definition) is 4. The highest BCUT2D eigenvalue weighted by molar-refractivity contribution is 6.30. The van der Waals surface area contributed by atoms with Gasteiger partial charge in [-0.25, -0.2) is 4.98 Å². The Hall–Kier alpha value is -1.29. The first-order valence-corrected chi connectivity index (χ1v) is 3.75. The summed E-state index contributed by atoms with van der Waals surface area (Å²) in [5.41, 5.74) is 0. The quantitative estimate of drug-likeness (QED) is 0.540. The van der Waals surface area contributed by atoms with Crippen LogP contribution in [0.4, 0.5) is 0 Å². The van der Waals surface area contributed by atoms with E-state index < -0.39 is 0 Å². The van der Waals surface area contributed by atoms with Crippen LogP contribution in [0.3, 0.4) is 0 Å². The second-order valence-corrected chi connectivity index (χ2v) is 2.19. The summed E-state index contributed by atoms with van der Waals surface area (Å²) in [6.45, 7) is 0.375. The molecule has 0 aliphatic rings. The topological polar surface area (TPSA) is 48.4 Å². The van der Waals surface area contributed by atoms with Crippen LogP contribution in [0.25, 0.3) is 0 Å². The van der Waals surface area contributed by atoms with Crippen molar-refractivity contribution in [3.8, 4) is 5.75 Å². The van der Waals surface area contributed by atoms with Gasteiger partial charge >= 0.3 is 0 Å². The van der Waals surface area contributed by atoms with Crippen molar-refractivity contribution in [2.45, 2.75) is 0 Å². The molecule has 1 rings (SSSR count). The Bertz CT molecular complexity index is 255. The van der Waals surface area contributed by atoms with Gasteiger partial charge in [-0.15, -0.1) is 0 Å². The molecule has 0 aromatic carbocycles. The highest BCUT2D eigenvalue weighted by Crippen LogP contribution is 2.18. The normalized spacial score (nSPS) is 7.92. The Balaban J connectivity index is 0.000000310. The van der Waals surface area contributed by atoms with Crippen LogP contribution in [-0.2, 0) is 9.53 Å². The smallest absolute Gasteiger partial charge is 0.292 e. The van der Waals surface area contributed by atoms with E-state index in [9.17, 15) is 0 Å². The molecule has 0 saturated carbocycles. The Labute approximate surface area is 81.4 Å². The first kappa shape index (κ1) is 11.7. The van der Waals surface area contributed by atoms with E-state index in [4.69, 9.17) is 21.1 Å². The van der Waals surface area contributed by atoms with Gasteiger partial charge in [0.05, 0.1) is 14.2 Å². The first-order valence-electron chi connectivity index (χ1n) is 3.37. The van der Waals surface area contributed by atoms with Gasteiger partial charge in [-0.3, -0.25) is 4.79 Å². The predicted molar refractivity (Wildman–Crippen MR) is 48.9 cm³/mol. The number of pyridine rings is 1. The lowest BCUT2D eigenvalue weighted by molar-refractivity contribution is -0.126. The molecule has 72 valence electrons. The molecule has 0 atom stereocenters. The Morgan fingerprint density at radius 3 is 2.46 bits per heavy atom. The number of methoxy groups -OCH3 is 2. The molecule has 0 radical (unpaired) electrons. The van der Waals surface area contributed by atoms with E-state index in [2.05, 4.69) is 9.72 Å². The Kier molecular flexibility index (Phi) is 6.63. The summed E-state index contributed by atoms with van der Waals surface area (Å²) in [5, 5.41) is 0.403. The maximum Gasteiger partial charge on any atom is 0.292 e. The Morgan fingerprint density at radius 1 is 1.54 bits per heavy atom. The van der Waals surface area contributed by atoms with Gasteiger partial charge in [0.1, 0.15) is 0 Å². The van der Waals surface area contributed by atoms with Gasteiger partial charge in [0.25, 0.3) is 6.47 Å².